The van der Waals surface area contributed by atoms with Crippen molar-refractivity contribution in [2.45, 2.75) is 19.9 Å². The molecular weight excluding hydrogens is 473 g/mol. The van der Waals surface area contributed by atoms with Crippen molar-refractivity contribution in [1.29, 1.82) is 0 Å². The number of halogens is 1. The molecule has 9 nitrogen and oxygen atoms in total. The average molecular weight is 496 g/mol. The Morgan fingerprint density at radius 1 is 1.11 bits per heavy atom. The van der Waals surface area contributed by atoms with Gasteiger partial charge in [0.15, 0.2) is 5.65 Å². The van der Waals surface area contributed by atoms with E-state index in [0.29, 0.717) is 46.3 Å². The number of aromatic nitrogens is 5. The van der Waals surface area contributed by atoms with Gasteiger partial charge in [0.2, 0.25) is 5.91 Å². The van der Waals surface area contributed by atoms with Gasteiger partial charge in [0, 0.05) is 17.8 Å². The van der Waals surface area contributed by atoms with Crippen molar-refractivity contribution >= 4 is 39.6 Å². The molecule has 1 aliphatic heterocycles. The molecule has 37 heavy (non-hydrogen) atoms. The molecule has 0 bridgehead atoms. The van der Waals surface area contributed by atoms with Gasteiger partial charge in [0.05, 0.1) is 28.7 Å². The van der Waals surface area contributed by atoms with Crippen LogP contribution in [0.25, 0.3) is 33.6 Å². The summed E-state index contributed by atoms with van der Waals surface area (Å²) in [5, 5.41) is 9.24. The van der Waals surface area contributed by atoms with Gasteiger partial charge >= 0.3 is 0 Å². The number of pyridine rings is 1. The molecule has 0 aliphatic carbocycles. The lowest BCUT2D eigenvalue weighted by Gasteiger charge is -2.16. The molecule has 0 saturated carbocycles. The first-order valence-corrected chi connectivity index (χ1v) is 11.8. The highest BCUT2D eigenvalue weighted by atomic mass is 19.1. The van der Waals surface area contributed by atoms with E-state index in [2.05, 4.69) is 15.3 Å². The van der Waals surface area contributed by atoms with E-state index >= 15 is 0 Å². The summed E-state index contributed by atoms with van der Waals surface area (Å²) in [7, 11) is 0. The third-order valence-electron chi connectivity index (χ3n) is 6.60. The number of nitrogen functional groups attached to an aromatic ring is 1. The molecule has 0 atom stereocenters. The van der Waals surface area contributed by atoms with Gasteiger partial charge in [-0.05, 0) is 48.6 Å². The van der Waals surface area contributed by atoms with Gasteiger partial charge in [-0.15, -0.1) is 0 Å². The van der Waals surface area contributed by atoms with Crippen LogP contribution >= 0.6 is 0 Å². The standard InChI is InChI=1S/C27H22FN7O2/c1-15-5-4-6-16-11-18(35(27(37)22(15)16)21-8-3-2-7-19(21)28)13-34-25-23(24(29)31-14-32-25)20(33-34)12-17-9-10-30-26(17)36/h2-8,11-12,14H,9-10,13H2,1H3,(H,30,36)(H2,29,31,32)/b17-12-. The van der Waals surface area contributed by atoms with Crippen LogP contribution in [0.5, 0.6) is 0 Å². The molecule has 0 unspecified atom stereocenters. The highest BCUT2D eigenvalue weighted by molar-refractivity contribution is 6.02. The molecule has 1 saturated heterocycles. The third-order valence-corrected chi connectivity index (χ3v) is 6.60. The van der Waals surface area contributed by atoms with Gasteiger partial charge < -0.3 is 11.1 Å². The fraction of sp³-hybridized carbons (Fsp3) is 0.148. The minimum Gasteiger partial charge on any atom is -0.383 e. The lowest BCUT2D eigenvalue weighted by molar-refractivity contribution is -0.116. The van der Waals surface area contributed by atoms with Crippen LogP contribution in [0, 0.1) is 12.7 Å². The second kappa shape index (κ2) is 8.66. The Bertz CT molecular complexity index is 1820. The highest BCUT2D eigenvalue weighted by Crippen LogP contribution is 2.27. The Morgan fingerprint density at radius 2 is 1.95 bits per heavy atom. The highest BCUT2D eigenvalue weighted by Gasteiger charge is 2.22. The first-order valence-electron chi connectivity index (χ1n) is 11.8. The molecule has 0 radical (unpaired) electrons. The summed E-state index contributed by atoms with van der Waals surface area (Å²) in [6.07, 6.45) is 3.59. The number of amides is 1. The van der Waals surface area contributed by atoms with Crippen molar-refractivity contribution in [3.05, 3.63) is 93.6 Å². The molecule has 3 aromatic heterocycles. The van der Waals surface area contributed by atoms with Crippen molar-refractivity contribution in [3.8, 4) is 5.69 Å². The zero-order chi connectivity index (χ0) is 25.7. The predicted octanol–water partition coefficient (Wildman–Crippen LogP) is 3.11. The number of nitrogens with one attached hydrogen (secondary N) is 1. The van der Waals surface area contributed by atoms with Crippen LogP contribution in [0.1, 0.15) is 23.4 Å². The molecule has 1 fully saturated rings. The fourth-order valence-corrected chi connectivity index (χ4v) is 4.87. The maximum atomic E-state index is 15.0. The quantitative estimate of drug-likeness (QED) is 0.370. The molecule has 1 aliphatic rings. The predicted molar refractivity (Wildman–Crippen MR) is 139 cm³/mol. The van der Waals surface area contributed by atoms with Crippen LogP contribution in [0.4, 0.5) is 10.2 Å². The Morgan fingerprint density at radius 3 is 2.73 bits per heavy atom. The number of carbonyl (C=O) groups excluding carboxylic acids is 1. The average Bonchev–Trinajstić information content (AvgIpc) is 3.44. The van der Waals surface area contributed by atoms with Gasteiger partial charge in [-0.3, -0.25) is 14.2 Å². The van der Waals surface area contributed by atoms with Crippen molar-refractivity contribution in [3.63, 3.8) is 0 Å². The van der Waals surface area contributed by atoms with E-state index < -0.39 is 5.82 Å². The van der Waals surface area contributed by atoms with Crippen LogP contribution in [-0.4, -0.2) is 36.8 Å². The SMILES string of the molecule is Cc1cccc2cc(Cn3nc(/C=C4/CCNC4=O)c4c(N)ncnc43)n(-c3ccccc3F)c(=O)c12. The summed E-state index contributed by atoms with van der Waals surface area (Å²) in [5.41, 5.74) is 8.79. The lowest BCUT2D eigenvalue weighted by Crippen LogP contribution is -2.25. The number of hydrogen-bond donors (Lipinski definition) is 2. The third kappa shape index (κ3) is 3.74. The van der Waals surface area contributed by atoms with Gasteiger partial charge in [-0.1, -0.05) is 30.3 Å². The zero-order valence-electron chi connectivity index (χ0n) is 19.9. The molecule has 4 heterocycles. The summed E-state index contributed by atoms with van der Waals surface area (Å²) in [5.74, 6) is -0.452. The molecule has 10 heteroatoms. The van der Waals surface area contributed by atoms with Crippen molar-refractivity contribution < 1.29 is 9.18 Å². The van der Waals surface area contributed by atoms with Crippen LogP contribution in [0.2, 0.25) is 0 Å². The fourth-order valence-electron chi connectivity index (χ4n) is 4.87. The number of anilines is 1. The van der Waals surface area contributed by atoms with E-state index in [-0.39, 0.29) is 29.5 Å². The number of carbonyl (C=O) groups is 1. The number of aryl methyl sites for hydroxylation is 1. The second-order valence-electron chi connectivity index (χ2n) is 8.94. The molecule has 184 valence electrons. The van der Waals surface area contributed by atoms with E-state index in [4.69, 9.17) is 10.8 Å². The molecule has 6 rings (SSSR count). The topological polar surface area (TPSA) is 121 Å². The van der Waals surface area contributed by atoms with Crippen molar-refractivity contribution in [1.82, 2.24) is 29.6 Å². The Balaban J connectivity index is 1.59. The molecule has 5 aromatic rings. The first kappa shape index (κ1) is 22.6. The maximum absolute atomic E-state index is 15.0. The number of fused-ring (bicyclic) bond motifs is 2. The summed E-state index contributed by atoms with van der Waals surface area (Å²) >= 11 is 0. The van der Waals surface area contributed by atoms with E-state index in [1.807, 2.05) is 31.2 Å². The smallest absolute Gasteiger partial charge is 0.263 e. The number of benzene rings is 2. The normalized spacial score (nSPS) is 14.6. The zero-order valence-corrected chi connectivity index (χ0v) is 19.9. The van der Waals surface area contributed by atoms with Gasteiger partial charge in [0.1, 0.15) is 18.0 Å². The van der Waals surface area contributed by atoms with E-state index in [9.17, 15) is 14.0 Å². The molecule has 3 N–H and O–H groups in total. The lowest BCUT2D eigenvalue weighted by atomic mass is 10.1. The molecule has 0 spiro atoms. The minimum absolute atomic E-state index is 0.0930. The summed E-state index contributed by atoms with van der Waals surface area (Å²) in [6.45, 7) is 2.51. The summed E-state index contributed by atoms with van der Waals surface area (Å²) in [6, 6.07) is 13.6. The molecular formula is C27H22FN7O2. The van der Waals surface area contributed by atoms with E-state index in [1.165, 1.54) is 17.0 Å². The Hall–Kier alpha value is -4.86. The number of nitrogens with zero attached hydrogens (tertiary/aromatic N) is 5. The maximum Gasteiger partial charge on any atom is 0.263 e. The van der Waals surface area contributed by atoms with Crippen LogP contribution in [0.15, 0.2) is 65.2 Å². The summed E-state index contributed by atoms with van der Waals surface area (Å²) < 4.78 is 18.0. The largest absolute Gasteiger partial charge is 0.383 e. The number of rotatable bonds is 4. The van der Waals surface area contributed by atoms with Gasteiger partial charge in [0.25, 0.3) is 5.56 Å². The second-order valence-corrected chi connectivity index (χ2v) is 8.94. The van der Waals surface area contributed by atoms with E-state index in [0.717, 1.165) is 10.9 Å². The van der Waals surface area contributed by atoms with Crippen LogP contribution < -0.4 is 16.6 Å². The monoisotopic (exact) mass is 495 g/mol. The number of para-hydroxylation sites is 1. The van der Waals surface area contributed by atoms with Crippen molar-refractivity contribution in [2.75, 3.05) is 12.3 Å². The van der Waals surface area contributed by atoms with E-state index in [1.54, 1.807) is 29.0 Å². The molecule has 2 aromatic carbocycles. The minimum atomic E-state index is -0.520. The van der Waals surface area contributed by atoms with Crippen LogP contribution in [0.3, 0.4) is 0 Å². The first-order chi connectivity index (χ1) is 17.9. The van der Waals surface area contributed by atoms with Crippen molar-refractivity contribution in [2.24, 2.45) is 0 Å². The number of hydrogen-bond acceptors (Lipinski definition) is 6. The van der Waals surface area contributed by atoms with Gasteiger partial charge in [-0.2, -0.15) is 5.10 Å². The van der Waals surface area contributed by atoms with Crippen LogP contribution in [-0.2, 0) is 11.3 Å². The Labute approximate surface area is 210 Å². The Kier molecular flexibility index (Phi) is 5.29. The van der Waals surface area contributed by atoms with Gasteiger partial charge in [-0.25, -0.2) is 19.0 Å². The summed E-state index contributed by atoms with van der Waals surface area (Å²) in [4.78, 5) is 34.4. The number of nitrogens with two attached hydrogens (primary N) is 1. The molecule has 1 amide bonds.